The normalized spacial score (nSPS) is 30.7. The Morgan fingerprint density at radius 2 is 2.09 bits per heavy atom. The van der Waals surface area contributed by atoms with Gasteiger partial charge in [-0.05, 0) is 6.08 Å². The fourth-order valence-corrected chi connectivity index (χ4v) is 1.49. The Hall–Kier alpha value is -0.320. The van der Waals surface area contributed by atoms with Crippen LogP contribution in [0.15, 0.2) is 24.3 Å². The smallest absolute Gasteiger partial charge is 0.284 e. The Balaban J connectivity index is 3.04. The average molecular weight is 195 g/mol. The zero-order valence-corrected chi connectivity index (χ0v) is 7.14. The van der Waals surface area contributed by atoms with Gasteiger partial charge in [0.05, 0.1) is 0 Å². The molecule has 0 radical (unpaired) electrons. The molecule has 0 aromatic rings. The van der Waals surface area contributed by atoms with Crippen LogP contribution in [-0.2, 0) is 10.1 Å². The third kappa shape index (κ3) is 1.64. The minimum atomic E-state index is -4.20. The highest BCUT2D eigenvalue weighted by Crippen LogP contribution is 2.30. The van der Waals surface area contributed by atoms with Gasteiger partial charge in [-0.25, -0.2) is 0 Å². The molecular weight excluding hydrogens is 188 g/mol. The molecule has 0 saturated heterocycles. The maximum absolute atomic E-state index is 10.6. The fourth-order valence-electron chi connectivity index (χ4n) is 0.766. The molecule has 0 aliphatic heterocycles. The van der Waals surface area contributed by atoms with Crippen LogP contribution in [0.4, 0.5) is 0 Å². The molecule has 1 rings (SSSR count). The van der Waals surface area contributed by atoms with Gasteiger partial charge >= 0.3 is 0 Å². The van der Waals surface area contributed by atoms with Crippen molar-refractivity contribution >= 4 is 21.7 Å². The minimum absolute atomic E-state index is 0.101. The van der Waals surface area contributed by atoms with Gasteiger partial charge in [-0.15, -0.1) is 0 Å². The monoisotopic (exact) mass is 194 g/mol. The second-order valence-corrected chi connectivity index (χ2v) is 4.83. The lowest BCUT2D eigenvalue weighted by Gasteiger charge is -2.19. The number of alkyl halides is 1. The summed E-state index contributed by atoms with van der Waals surface area (Å²) >= 11 is 5.58. The van der Waals surface area contributed by atoms with Crippen molar-refractivity contribution in [3.05, 3.63) is 24.3 Å². The third-order valence-corrected chi connectivity index (χ3v) is 3.44. The molecule has 0 aromatic carbocycles. The van der Waals surface area contributed by atoms with E-state index in [0.717, 1.165) is 0 Å². The van der Waals surface area contributed by atoms with Gasteiger partial charge in [-0.3, -0.25) is 4.55 Å². The van der Waals surface area contributed by atoms with Crippen molar-refractivity contribution in [2.24, 2.45) is 0 Å². The van der Waals surface area contributed by atoms with Crippen molar-refractivity contribution in [3.8, 4) is 0 Å². The third-order valence-electron chi connectivity index (χ3n) is 1.42. The number of halogens is 1. The summed E-state index contributed by atoms with van der Waals surface area (Å²) in [7, 11) is -4.20. The van der Waals surface area contributed by atoms with Gasteiger partial charge in [0.15, 0.2) is 4.21 Å². The first-order valence-corrected chi connectivity index (χ1v) is 4.78. The molecule has 3 nitrogen and oxygen atoms in total. The summed E-state index contributed by atoms with van der Waals surface area (Å²) < 4.78 is 28.3. The molecule has 5 heteroatoms. The highest BCUT2D eigenvalue weighted by Gasteiger charge is 2.37. The summed E-state index contributed by atoms with van der Waals surface area (Å²) in [5, 5.41) is 0. The molecule has 62 valence electrons. The molecule has 1 N–H and O–H groups in total. The van der Waals surface area contributed by atoms with Crippen molar-refractivity contribution in [2.45, 2.75) is 10.6 Å². The first kappa shape index (κ1) is 8.77. The van der Waals surface area contributed by atoms with Crippen LogP contribution in [0.3, 0.4) is 0 Å². The Morgan fingerprint density at radius 3 is 2.36 bits per heavy atom. The maximum Gasteiger partial charge on any atom is 0.288 e. The zero-order chi connectivity index (χ0) is 8.54. The molecule has 0 amide bonds. The van der Waals surface area contributed by atoms with Crippen molar-refractivity contribution in [3.63, 3.8) is 0 Å². The fraction of sp³-hybridized carbons (Fsp3) is 0.333. The Bertz CT molecular complexity index is 304. The molecular formula is C6H7ClO3S. The predicted molar refractivity (Wildman–Crippen MR) is 43.0 cm³/mol. The van der Waals surface area contributed by atoms with Crippen molar-refractivity contribution < 1.29 is 13.0 Å². The molecule has 0 heterocycles. The van der Waals surface area contributed by atoms with E-state index in [1.165, 1.54) is 12.2 Å². The molecule has 1 atom stereocenters. The van der Waals surface area contributed by atoms with E-state index in [1.807, 2.05) is 0 Å². The second kappa shape index (κ2) is 2.62. The van der Waals surface area contributed by atoms with E-state index in [0.29, 0.717) is 0 Å². The molecule has 0 bridgehead atoms. The van der Waals surface area contributed by atoms with Gasteiger partial charge in [0, 0.05) is 6.42 Å². The molecule has 0 fully saturated rings. The summed E-state index contributed by atoms with van der Waals surface area (Å²) in [6.45, 7) is 0. The Labute approximate surface area is 70.1 Å². The number of allylic oxidation sites excluding steroid dienone is 3. The molecule has 0 aromatic heterocycles. The standard InChI is InChI=1S/C6H7ClO3S/c7-6(11(8,9)10)4-2-1-3-5-6/h1-4H,5H2,(H,8,9,10). The van der Waals surface area contributed by atoms with Crippen LogP contribution in [0.25, 0.3) is 0 Å². The van der Waals surface area contributed by atoms with Crippen LogP contribution in [0.2, 0.25) is 0 Å². The van der Waals surface area contributed by atoms with E-state index in [9.17, 15) is 8.42 Å². The molecule has 0 spiro atoms. The predicted octanol–water partition coefficient (Wildman–Crippen LogP) is 1.33. The molecule has 1 unspecified atom stereocenters. The van der Waals surface area contributed by atoms with Gasteiger partial charge in [-0.1, -0.05) is 29.8 Å². The lowest BCUT2D eigenvalue weighted by atomic mass is 10.2. The zero-order valence-electron chi connectivity index (χ0n) is 5.57. The van der Waals surface area contributed by atoms with Gasteiger partial charge in [0.2, 0.25) is 0 Å². The quantitative estimate of drug-likeness (QED) is 0.506. The van der Waals surface area contributed by atoms with Crippen molar-refractivity contribution in [2.75, 3.05) is 0 Å². The van der Waals surface area contributed by atoms with Crippen molar-refractivity contribution in [1.29, 1.82) is 0 Å². The minimum Gasteiger partial charge on any atom is -0.284 e. The number of hydrogen-bond acceptors (Lipinski definition) is 2. The Morgan fingerprint density at radius 1 is 1.45 bits per heavy atom. The van der Waals surface area contributed by atoms with Gasteiger partial charge in [0.25, 0.3) is 10.1 Å². The van der Waals surface area contributed by atoms with E-state index in [2.05, 4.69) is 0 Å². The number of hydrogen-bond donors (Lipinski definition) is 1. The summed E-state index contributed by atoms with van der Waals surface area (Å²) in [6, 6.07) is 0. The van der Waals surface area contributed by atoms with E-state index in [-0.39, 0.29) is 6.42 Å². The molecule has 1 aliphatic rings. The van der Waals surface area contributed by atoms with E-state index < -0.39 is 14.3 Å². The summed E-state index contributed by atoms with van der Waals surface area (Å²) in [5.74, 6) is 0. The van der Waals surface area contributed by atoms with Gasteiger partial charge in [-0.2, -0.15) is 8.42 Å². The van der Waals surface area contributed by atoms with Crippen LogP contribution in [0, 0.1) is 0 Å². The highest BCUT2D eigenvalue weighted by molar-refractivity contribution is 7.88. The largest absolute Gasteiger partial charge is 0.288 e. The van der Waals surface area contributed by atoms with E-state index >= 15 is 0 Å². The van der Waals surface area contributed by atoms with Crippen molar-refractivity contribution in [1.82, 2.24) is 0 Å². The molecule has 11 heavy (non-hydrogen) atoms. The average Bonchev–Trinajstić information content (AvgIpc) is 1.87. The van der Waals surface area contributed by atoms with Gasteiger partial charge in [0.1, 0.15) is 0 Å². The van der Waals surface area contributed by atoms with Crippen LogP contribution < -0.4 is 0 Å². The lowest BCUT2D eigenvalue weighted by Crippen LogP contribution is -2.29. The highest BCUT2D eigenvalue weighted by atomic mass is 35.5. The van der Waals surface area contributed by atoms with Crippen LogP contribution in [-0.4, -0.2) is 17.2 Å². The maximum atomic E-state index is 10.6. The van der Waals surface area contributed by atoms with Gasteiger partial charge < -0.3 is 0 Å². The summed E-state index contributed by atoms with van der Waals surface area (Å²) in [4.78, 5) is 0. The Kier molecular flexibility index (Phi) is 2.09. The molecule has 1 aliphatic carbocycles. The topological polar surface area (TPSA) is 54.4 Å². The summed E-state index contributed by atoms with van der Waals surface area (Å²) in [6.07, 6.45) is 6.10. The van der Waals surface area contributed by atoms with E-state index in [4.69, 9.17) is 16.2 Å². The first-order chi connectivity index (χ1) is 4.96. The SMILES string of the molecule is O=S(=O)(O)C1(Cl)C=CC=CC1. The molecule has 0 saturated carbocycles. The second-order valence-electron chi connectivity index (χ2n) is 2.25. The van der Waals surface area contributed by atoms with Crippen LogP contribution in [0.1, 0.15) is 6.42 Å². The van der Waals surface area contributed by atoms with Crippen LogP contribution >= 0.6 is 11.6 Å². The van der Waals surface area contributed by atoms with Crippen LogP contribution in [0.5, 0.6) is 0 Å². The lowest BCUT2D eigenvalue weighted by molar-refractivity contribution is 0.468. The van der Waals surface area contributed by atoms with E-state index in [1.54, 1.807) is 12.2 Å². The first-order valence-electron chi connectivity index (χ1n) is 2.96. The summed E-state index contributed by atoms with van der Waals surface area (Å²) in [5.41, 5.74) is 0. The number of rotatable bonds is 1.